The van der Waals surface area contributed by atoms with Crippen molar-refractivity contribution in [3.8, 4) is 0 Å². The minimum absolute atomic E-state index is 0.201. The minimum Gasteiger partial charge on any atom is -0.480 e. The van der Waals surface area contributed by atoms with Gasteiger partial charge in [0, 0.05) is 5.54 Å². The number of aliphatic carboxylic acids is 1. The molecule has 1 unspecified atom stereocenters. The maximum Gasteiger partial charge on any atom is 0.323 e. The average molecular weight is 216 g/mol. The molecule has 5 nitrogen and oxygen atoms in total. The third-order valence-corrected chi connectivity index (χ3v) is 2.17. The zero-order valence-electron chi connectivity index (χ0n) is 10.00. The van der Waals surface area contributed by atoms with Crippen molar-refractivity contribution in [1.29, 1.82) is 0 Å². The van der Waals surface area contributed by atoms with Crippen molar-refractivity contribution >= 4 is 11.9 Å². The van der Waals surface area contributed by atoms with Gasteiger partial charge >= 0.3 is 5.97 Å². The summed E-state index contributed by atoms with van der Waals surface area (Å²) < 4.78 is 0. The van der Waals surface area contributed by atoms with Gasteiger partial charge in [-0.25, -0.2) is 0 Å². The summed E-state index contributed by atoms with van der Waals surface area (Å²) in [4.78, 5) is 23.9. The molecule has 0 aromatic heterocycles. The number of hydrogen-bond acceptors (Lipinski definition) is 3. The van der Waals surface area contributed by atoms with Gasteiger partial charge in [-0.3, -0.25) is 9.59 Å². The van der Waals surface area contributed by atoms with E-state index in [1.807, 2.05) is 20.8 Å². The average Bonchev–Trinajstić information content (AvgIpc) is 2.09. The van der Waals surface area contributed by atoms with Crippen molar-refractivity contribution in [2.24, 2.45) is 0 Å². The highest BCUT2D eigenvalue weighted by molar-refractivity contribution is 5.85. The van der Waals surface area contributed by atoms with Gasteiger partial charge in [-0.2, -0.15) is 0 Å². The zero-order chi connectivity index (χ0) is 12.2. The van der Waals surface area contributed by atoms with Crippen molar-refractivity contribution in [2.75, 3.05) is 13.6 Å². The first-order valence-corrected chi connectivity index (χ1v) is 4.90. The molecule has 88 valence electrons. The van der Waals surface area contributed by atoms with Gasteiger partial charge in [0.2, 0.25) is 5.91 Å². The molecule has 0 aliphatic heterocycles. The Hall–Kier alpha value is -1.10. The van der Waals surface area contributed by atoms with Gasteiger partial charge < -0.3 is 15.3 Å². The summed E-state index contributed by atoms with van der Waals surface area (Å²) >= 11 is 0. The van der Waals surface area contributed by atoms with E-state index in [0.717, 1.165) is 0 Å². The fraction of sp³-hybridized carbons (Fsp3) is 0.800. The second-order valence-electron chi connectivity index (χ2n) is 4.50. The fourth-order valence-electron chi connectivity index (χ4n) is 1.14. The van der Waals surface area contributed by atoms with Crippen LogP contribution in [0.25, 0.3) is 0 Å². The summed E-state index contributed by atoms with van der Waals surface area (Å²) in [5, 5.41) is 11.5. The lowest BCUT2D eigenvalue weighted by molar-refractivity contribution is -0.149. The first-order chi connectivity index (χ1) is 6.70. The second-order valence-corrected chi connectivity index (χ2v) is 4.50. The molecule has 0 aliphatic carbocycles. The van der Waals surface area contributed by atoms with Crippen LogP contribution in [0.5, 0.6) is 0 Å². The van der Waals surface area contributed by atoms with Crippen molar-refractivity contribution in [2.45, 2.75) is 39.3 Å². The van der Waals surface area contributed by atoms with E-state index >= 15 is 0 Å². The summed E-state index contributed by atoms with van der Waals surface area (Å²) in [5.41, 5.74) is -0.486. The highest BCUT2D eigenvalue weighted by atomic mass is 16.4. The number of nitrogens with one attached hydrogen (secondary N) is 1. The Morgan fingerprint density at radius 2 is 1.87 bits per heavy atom. The molecular weight excluding hydrogens is 196 g/mol. The predicted molar refractivity (Wildman–Crippen MR) is 57.6 cm³/mol. The molecule has 0 heterocycles. The van der Waals surface area contributed by atoms with E-state index in [2.05, 4.69) is 5.32 Å². The quantitative estimate of drug-likeness (QED) is 0.709. The summed E-state index contributed by atoms with van der Waals surface area (Å²) in [7, 11) is 1.67. The van der Waals surface area contributed by atoms with Crippen LogP contribution in [0, 0.1) is 0 Å². The van der Waals surface area contributed by atoms with Crippen LogP contribution >= 0.6 is 0 Å². The lowest BCUT2D eigenvalue weighted by atomic mass is 10.0. The van der Waals surface area contributed by atoms with E-state index in [-0.39, 0.29) is 18.5 Å². The standard InChI is InChI=1S/C10H20N2O3/c1-7(11-5)9(15)12(6-8(13)14)10(2,3)4/h7,11H,6H2,1-5H3,(H,13,14). The van der Waals surface area contributed by atoms with E-state index in [4.69, 9.17) is 5.11 Å². The van der Waals surface area contributed by atoms with E-state index in [9.17, 15) is 9.59 Å². The van der Waals surface area contributed by atoms with Crippen LogP contribution in [0.1, 0.15) is 27.7 Å². The van der Waals surface area contributed by atoms with Gasteiger partial charge in [0.1, 0.15) is 6.54 Å². The van der Waals surface area contributed by atoms with Crippen molar-refractivity contribution in [3.05, 3.63) is 0 Å². The Kier molecular flexibility index (Phi) is 4.74. The number of likely N-dealkylation sites (N-methyl/N-ethyl adjacent to an activating group) is 1. The third-order valence-electron chi connectivity index (χ3n) is 2.17. The second kappa shape index (κ2) is 5.11. The Labute approximate surface area is 90.5 Å². The van der Waals surface area contributed by atoms with Crippen LogP contribution in [0.15, 0.2) is 0 Å². The summed E-state index contributed by atoms with van der Waals surface area (Å²) in [6.45, 7) is 6.89. The Morgan fingerprint density at radius 1 is 1.40 bits per heavy atom. The normalized spacial score (nSPS) is 13.4. The topological polar surface area (TPSA) is 69.6 Å². The lowest BCUT2D eigenvalue weighted by Crippen LogP contribution is -2.53. The molecule has 0 rings (SSSR count). The SMILES string of the molecule is CNC(C)C(=O)N(CC(=O)O)C(C)(C)C. The Balaban J connectivity index is 4.79. The number of amides is 1. The molecule has 0 aliphatic rings. The highest BCUT2D eigenvalue weighted by Crippen LogP contribution is 2.14. The molecule has 5 heteroatoms. The highest BCUT2D eigenvalue weighted by Gasteiger charge is 2.30. The van der Waals surface area contributed by atoms with Gasteiger partial charge in [-0.05, 0) is 34.7 Å². The summed E-state index contributed by atoms with van der Waals surface area (Å²) in [6, 6.07) is -0.372. The number of nitrogens with zero attached hydrogens (tertiary/aromatic N) is 1. The molecule has 2 N–H and O–H groups in total. The van der Waals surface area contributed by atoms with Gasteiger partial charge in [-0.1, -0.05) is 0 Å². The molecule has 0 saturated carbocycles. The molecular formula is C10H20N2O3. The smallest absolute Gasteiger partial charge is 0.323 e. The molecule has 1 amide bonds. The monoisotopic (exact) mass is 216 g/mol. The molecule has 0 aromatic rings. The van der Waals surface area contributed by atoms with Crippen LogP contribution in [0.4, 0.5) is 0 Å². The van der Waals surface area contributed by atoms with Crippen LogP contribution in [-0.2, 0) is 9.59 Å². The van der Waals surface area contributed by atoms with Crippen LogP contribution in [0.2, 0.25) is 0 Å². The summed E-state index contributed by atoms with van der Waals surface area (Å²) in [5.74, 6) is -1.20. The first-order valence-electron chi connectivity index (χ1n) is 4.90. The molecule has 0 radical (unpaired) electrons. The molecule has 0 fully saturated rings. The van der Waals surface area contributed by atoms with E-state index < -0.39 is 11.5 Å². The predicted octanol–water partition coefficient (Wildman–Crippen LogP) is 0.306. The van der Waals surface area contributed by atoms with Crippen molar-refractivity contribution < 1.29 is 14.7 Å². The number of carboxylic acids is 1. The number of carboxylic acid groups (broad SMARTS) is 1. The number of carbonyl (C=O) groups excluding carboxylic acids is 1. The van der Waals surface area contributed by atoms with Crippen molar-refractivity contribution in [1.82, 2.24) is 10.2 Å². The third kappa shape index (κ3) is 4.29. The lowest BCUT2D eigenvalue weighted by Gasteiger charge is -2.36. The number of rotatable bonds is 4. The van der Waals surface area contributed by atoms with E-state index in [1.54, 1.807) is 14.0 Å². The van der Waals surface area contributed by atoms with Crippen LogP contribution in [0.3, 0.4) is 0 Å². The van der Waals surface area contributed by atoms with E-state index in [0.29, 0.717) is 0 Å². The maximum atomic E-state index is 11.9. The molecule has 0 aromatic carbocycles. The molecule has 1 atom stereocenters. The first kappa shape index (κ1) is 13.9. The summed E-state index contributed by atoms with van der Waals surface area (Å²) in [6.07, 6.45) is 0. The molecule has 15 heavy (non-hydrogen) atoms. The number of hydrogen-bond donors (Lipinski definition) is 2. The van der Waals surface area contributed by atoms with Crippen LogP contribution < -0.4 is 5.32 Å². The molecule has 0 saturated heterocycles. The van der Waals surface area contributed by atoms with Crippen molar-refractivity contribution in [3.63, 3.8) is 0 Å². The fourth-order valence-corrected chi connectivity index (χ4v) is 1.14. The van der Waals surface area contributed by atoms with E-state index in [1.165, 1.54) is 4.90 Å². The zero-order valence-corrected chi connectivity index (χ0v) is 10.00. The van der Waals surface area contributed by atoms with Gasteiger partial charge in [0.25, 0.3) is 0 Å². The maximum absolute atomic E-state index is 11.9. The minimum atomic E-state index is -0.999. The molecule has 0 spiro atoms. The van der Waals surface area contributed by atoms with Gasteiger partial charge in [-0.15, -0.1) is 0 Å². The molecule has 0 bridgehead atoms. The van der Waals surface area contributed by atoms with Gasteiger partial charge in [0.05, 0.1) is 6.04 Å². The van der Waals surface area contributed by atoms with Crippen LogP contribution in [-0.4, -0.2) is 47.1 Å². The number of carbonyl (C=O) groups is 2. The van der Waals surface area contributed by atoms with Gasteiger partial charge in [0.15, 0.2) is 0 Å². The Bertz CT molecular complexity index is 246. The largest absolute Gasteiger partial charge is 0.480 e. The Morgan fingerprint density at radius 3 is 2.13 bits per heavy atom.